The molecule has 1 fully saturated rings. The molecular weight excluding hydrogens is 439 g/mol. The van der Waals surface area contributed by atoms with Crippen LogP contribution in [0.2, 0.25) is 5.02 Å². The van der Waals surface area contributed by atoms with E-state index in [1.165, 1.54) is 0 Å². The molecular formula is C20H24ClN6O3P. The predicted molar refractivity (Wildman–Crippen MR) is 124 cm³/mol. The number of amides is 1. The van der Waals surface area contributed by atoms with Gasteiger partial charge in [0.25, 0.3) is 0 Å². The first-order valence-corrected chi connectivity index (χ1v) is 12.3. The Hall–Kier alpha value is -2.77. The third-order valence-electron chi connectivity index (χ3n) is 5.53. The van der Waals surface area contributed by atoms with Crippen LogP contribution in [0.4, 0.5) is 17.5 Å². The van der Waals surface area contributed by atoms with E-state index in [-0.39, 0.29) is 5.91 Å². The number of nitrogens with zero attached hydrogens (tertiary/aromatic N) is 3. The zero-order chi connectivity index (χ0) is 22.2. The summed E-state index contributed by atoms with van der Waals surface area (Å²) in [5.41, 5.74) is 1.25. The molecule has 3 N–H and O–H groups in total. The first-order chi connectivity index (χ1) is 14.8. The molecule has 0 unspecified atom stereocenters. The molecule has 9 nitrogen and oxygen atoms in total. The Morgan fingerprint density at radius 2 is 2.03 bits per heavy atom. The molecule has 1 saturated heterocycles. The zero-order valence-corrected chi connectivity index (χ0v) is 19.2. The second kappa shape index (κ2) is 8.40. The minimum absolute atomic E-state index is 0.0182. The summed E-state index contributed by atoms with van der Waals surface area (Å²) in [6.45, 7) is 2.56. The molecule has 0 bridgehead atoms. The van der Waals surface area contributed by atoms with Gasteiger partial charge in [-0.1, -0.05) is 11.6 Å². The number of hydrogen-bond acceptors (Lipinski definition) is 7. The molecule has 0 radical (unpaired) electrons. The van der Waals surface area contributed by atoms with Crippen LogP contribution in [0.3, 0.4) is 0 Å². The van der Waals surface area contributed by atoms with Gasteiger partial charge in [-0.2, -0.15) is 9.97 Å². The van der Waals surface area contributed by atoms with Crippen molar-refractivity contribution in [3.05, 3.63) is 29.4 Å². The molecule has 31 heavy (non-hydrogen) atoms. The van der Waals surface area contributed by atoms with Crippen molar-refractivity contribution in [2.75, 3.05) is 50.2 Å². The molecule has 1 aliphatic rings. The van der Waals surface area contributed by atoms with Gasteiger partial charge >= 0.3 is 0 Å². The van der Waals surface area contributed by atoms with E-state index in [2.05, 4.69) is 25.6 Å². The standard InChI is InChI=1S/C20H24ClN6O3P/c1-12(28)27-6-8-31(29,9-7-27)13-4-5-15(16(10-13)30-3)24-20-25-18(22-2)17-14(21)11-23-19(17)26-20/h4-5,10-11H,6-9H2,1-3H3,(H3,22,23,24,25,26). The molecule has 1 aliphatic heterocycles. The Morgan fingerprint density at radius 1 is 1.29 bits per heavy atom. The van der Waals surface area contributed by atoms with Crippen molar-refractivity contribution in [1.82, 2.24) is 19.9 Å². The van der Waals surface area contributed by atoms with Crippen molar-refractivity contribution in [2.45, 2.75) is 6.92 Å². The Morgan fingerprint density at radius 3 is 2.68 bits per heavy atom. The number of ether oxygens (including phenoxy) is 1. The third-order valence-corrected chi connectivity index (χ3v) is 8.89. The predicted octanol–water partition coefficient (Wildman–Crippen LogP) is 3.26. The fourth-order valence-electron chi connectivity index (χ4n) is 3.75. The van der Waals surface area contributed by atoms with Crippen molar-refractivity contribution in [3.8, 4) is 5.75 Å². The number of halogens is 1. The second-order valence-corrected chi connectivity index (χ2v) is 11.0. The van der Waals surface area contributed by atoms with Crippen LogP contribution in [0, 0.1) is 0 Å². The highest BCUT2D eigenvalue weighted by Crippen LogP contribution is 2.47. The van der Waals surface area contributed by atoms with E-state index in [9.17, 15) is 9.36 Å². The quantitative estimate of drug-likeness (QED) is 0.499. The van der Waals surface area contributed by atoms with Crippen LogP contribution in [-0.2, 0) is 9.36 Å². The van der Waals surface area contributed by atoms with E-state index in [1.807, 2.05) is 12.1 Å². The summed E-state index contributed by atoms with van der Waals surface area (Å²) in [5.74, 6) is 1.52. The number of aromatic nitrogens is 3. The van der Waals surface area contributed by atoms with Gasteiger partial charge in [-0.05, 0) is 18.2 Å². The van der Waals surface area contributed by atoms with E-state index in [4.69, 9.17) is 16.3 Å². The normalized spacial score (nSPS) is 15.7. The average molecular weight is 463 g/mol. The first-order valence-electron chi connectivity index (χ1n) is 9.86. The van der Waals surface area contributed by atoms with Crippen molar-refractivity contribution in [1.29, 1.82) is 0 Å². The number of aromatic amines is 1. The Bertz CT molecular complexity index is 1190. The maximum Gasteiger partial charge on any atom is 0.231 e. The van der Waals surface area contributed by atoms with Crippen molar-refractivity contribution < 1.29 is 14.1 Å². The highest BCUT2D eigenvalue weighted by atomic mass is 35.5. The maximum absolute atomic E-state index is 13.5. The Labute approximate surface area is 184 Å². The van der Waals surface area contributed by atoms with Crippen LogP contribution >= 0.6 is 18.7 Å². The van der Waals surface area contributed by atoms with Gasteiger partial charge in [0.1, 0.15) is 24.4 Å². The molecule has 4 rings (SSSR count). The second-order valence-electron chi connectivity index (χ2n) is 7.36. The minimum atomic E-state index is -2.59. The number of rotatable bonds is 5. The number of benzene rings is 1. The molecule has 11 heteroatoms. The molecule has 0 atom stereocenters. The molecule has 1 aromatic carbocycles. The van der Waals surface area contributed by atoms with Gasteiger partial charge in [-0.15, -0.1) is 0 Å². The third kappa shape index (κ3) is 4.07. The van der Waals surface area contributed by atoms with E-state index in [0.29, 0.717) is 64.7 Å². The van der Waals surface area contributed by atoms with Crippen molar-refractivity contribution >= 4 is 58.4 Å². The van der Waals surface area contributed by atoms with Gasteiger partial charge in [-0.25, -0.2) is 0 Å². The van der Waals surface area contributed by atoms with Crippen molar-refractivity contribution in [3.63, 3.8) is 0 Å². The summed E-state index contributed by atoms with van der Waals surface area (Å²) in [6.07, 6.45) is 2.61. The smallest absolute Gasteiger partial charge is 0.231 e. The van der Waals surface area contributed by atoms with Gasteiger partial charge in [-0.3, -0.25) is 4.79 Å². The molecule has 1 amide bonds. The molecule has 2 aromatic heterocycles. The number of carbonyl (C=O) groups is 1. The van der Waals surface area contributed by atoms with Crippen molar-refractivity contribution in [2.24, 2.45) is 0 Å². The molecule has 3 aromatic rings. The summed E-state index contributed by atoms with van der Waals surface area (Å²) in [7, 11) is 0.735. The molecule has 0 saturated carbocycles. The number of H-pyrrole nitrogens is 1. The highest BCUT2D eigenvalue weighted by molar-refractivity contribution is 7.71. The van der Waals surface area contributed by atoms with Crippen LogP contribution in [0.25, 0.3) is 11.0 Å². The average Bonchev–Trinajstić information content (AvgIpc) is 3.14. The number of methoxy groups -OCH3 is 1. The largest absolute Gasteiger partial charge is 0.495 e. The van der Waals surface area contributed by atoms with Gasteiger partial charge < -0.3 is 29.8 Å². The zero-order valence-electron chi connectivity index (χ0n) is 17.5. The van der Waals surface area contributed by atoms with Crippen LogP contribution in [-0.4, -0.2) is 65.3 Å². The Kier molecular flexibility index (Phi) is 5.81. The lowest BCUT2D eigenvalue weighted by atomic mass is 10.3. The molecule has 0 aliphatic carbocycles. The minimum Gasteiger partial charge on any atom is -0.495 e. The lowest BCUT2D eigenvalue weighted by Crippen LogP contribution is -2.39. The SMILES string of the molecule is CNc1nc(Nc2ccc(P3(=O)CCN(C(C)=O)CC3)cc2OC)nc2[nH]cc(Cl)c12. The summed E-state index contributed by atoms with van der Waals surface area (Å²) in [4.78, 5) is 25.3. The number of hydrogen-bond donors (Lipinski definition) is 3. The van der Waals surface area contributed by atoms with E-state index < -0.39 is 7.14 Å². The maximum atomic E-state index is 13.5. The highest BCUT2D eigenvalue weighted by Gasteiger charge is 2.32. The summed E-state index contributed by atoms with van der Waals surface area (Å²) in [5, 5.41) is 8.20. The van der Waals surface area contributed by atoms with Crippen LogP contribution < -0.4 is 20.7 Å². The number of carbonyl (C=O) groups excluding carboxylic acids is 1. The fourth-order valence-corrected chi connectivity index (χ4v) is 6.55. The van der Waals surface area contributed by atoms with E-state index in [0.717, 1.165) is 5.30 Å². The first kappa shape index (κ1) is 21.5. The summed E-state index contributed by atoms with van der Waals surface area (Å²) < 4.78 is 19.1. The lowest BCUT2D eigenvalue weighted by Gasteiger charge is -2.32. The summed E-state index contributed by atoms with van der Waals surface area (Å²) in [6, 6.07) is 5.47. The van der Waals surface area contributed by atoms with E-state index >= 15 is 0 Å². The number of fused-ring (bicyclic) bond motifs is 1. The molecule has 0 spiro atoms. The Balaban J connectivity index is 1.62. The lowest BCUT2D eigenvalue weighted by molar-refractivity contribution is -0.128. The van der Waals surface area contributed by atoms with Crippen LogP contribution in [0.5, 0.6) is 5.75 Å². The monoisotopic (exact) mass is 462 g/mol. The van der Waals surface area contributed by atoms with Crippen LogP contribution in [0.15, 0.2) is 24.4 Å². The molecule has 164 valence electrons. The van der Waals surface area contributed by atoms with Gasteiger partial charge in [0.15, 0.2) is 0 Å². The number of nitrogens with one attached hydrogen (secondary N) is 3. The summed E-state index contributed by atoms with van der Waals surface area (Å²) >= 11 is 6.21. The fraction of sp³-hybridized carbons (Fsp3) is 0.350. The van der Waals surface area contributed by atoms with Gasteiger partial charge in [0, 0.05) is 50.9 Å². The van der Waals surface area contributed by atoms with Crippen LogP contribution in [0.1, 0.15) is 6.92 Å². The number of anilines is 3. The van der Waals surface area contributed by atoms with Gasteiger partial charge in [0.2, 0.25) is 11.9 Å². The van der Waals surface area contributed by atoms with E-state index in [1.54, 1.807) is 38.2 Å². The van der Waals surface area contributed by atoms with Gasteiger partial charge in [0.05, 0.1) is 23.2 Å². The topological polar surface area (TPSA) is 112 Å². The molecule has 3 heterocycles.